The molecule has 0 saturated heterocycles. The summed E-state index contributed by atoms with van der Waals surface area (Å²) in [4.78, 5) is 3.27. The molecule has 0 amide bonds. The van der Waals surface area contributed by atoms with E-state index in [0.29, 0.717) is 0 Å². The minimum absolute atomic E-state index is 0.937. The summed E-state index contributed by atoms with van der Waals surface area (Å²) in [5.74, 6) is 0. The summed E-state index contributed by atoms with van der Waals surface area (Å²) in [5.41, 5.74) is 1.28. The third-order valence-corrected chi connectivity index (χ3v) is 4.42. The van der Waals surface area contributed by atoms with Crippen LogP contribution in [-0.4, -0.2) is 14.8 Å². The van der Waals surface area contributed by atoms with Gasteiger partial charge in [0, 0.05) is 0 Å². The van der Waals surface area contributed by atoms with Crippen molar-refractivity contribution in [3.63, 3.8) is 0 Å². The van der Waals surface area contributed by atoms with Crippen molar-refractivity contribution in [2.45, 2.75) is 13.8 Å². The fraction of sp³-hybridized carbons (Fsp3) is 0.333. The van der Waals surface area contributed by atoms with Gasteiger partial charge < -0.3 is 4.98 Å². The number of hydrogen-bond donors (Lipinski definition) is 1. The molecule has 0 heterocycles. The fourth-order valence-electron chi connectivity index (χ4n) is 1.07. The van der Waals surface area contributed by atoms with Crippen molar-refractivity contribution >= 4 is 24.5 Å². The van der Waals surface area contributed by atoms with Gasteiger partial charge in [-0.1, -0.05) is 31.2 Å². The molecule has 0 saturated carbocycles. The van der Waals surface area contributed by atoms with Crippen molar-refractivity contribution < 1.29 is 0 Å². The second kappa shape index (κ2) is 4.65. The van der Waals surface area contributed by atoms with Crippen LogP contribution in [0.2, 0.25) is 0 Å². The lowest BCUT2D eigenvalue weighted by molar-refractivity contribution is 1.00. The van der Waals surface area contributed by atoms with E-state index in [0.717, 1.165) is 6.54 Å². The van der Waals surface area contributed by atoms with Gasteiger partial charge in [0.25, 0.3) is 8.27 Å². The molecule has 0 aliphatic carbocycles. The monoisotopic (exact) mass is 198 g/mol. The molecule has 1 N–H and O–H groups in total. The molecule has 1 radical (unpaired) electrons. The summed E-state index contributed by atoms with van der Waals surface area (Å²) >= 11 is 6.20. The van der Waals surface area contributed by atoms with E-state index in [4.69, 9.17) is 11.1 Å². The Bertz CT molecular complexity index is 252. The average molecular weight is 199 g/mol. The number of rotatable bonds is 3. The van der Waals surface area contributed by atoms with Gasteiger partial charge in [0.05, 0.1) is 0 Å². The summed E-state index contributed by atoms with van der Waals surface area (Å²) in [6.07, 6.45) is 0. The molecule has 0 aliphatic heterocycles. The van der Waals surface area contributed by atoms with Gasteiger partial charge in [0.15, 0.2) is 0 Å². The zero-order chi connectivity index (χ0) is 8.97. The maximum absolute atomic E-state index is 6.20. The predicted molar refractivity (Wildman–Crippen MR) is 56.1 cm³/mol. The first kappa shape index (κ1) is 9.77. The lowest BCUT2D eigenvalue weighted by Crippen LogP contribution is -2.41. The van der Waals surface area contributed by atoms with Crippen LogP contribution in [0.4, 0.5) is 0 Å². The molecular formula is C9H13ClNSi. The molecule has 0 aliphatic rings. The van der Waals surface area contributed by atoms with Crippen LogP contribution in [0.3, 0.4) is 0 Å². The van der Waals surface area contributed by atoms with Crippen LogP contribution in [-0.2, 0) is 0 Å². The molecule has 0 spiro atoms. The van der Waals surface area contributed by atoms with E-state index in [2.05, 4.69) is 31.0 Å². The summed E-state index contributed by atoms with van der Waals surface area (Å²) in [6, 6.07) is 8.27. The maximum Gasteiger partial charge on any atom is 0.284 e. The highest BCUT2D eigenvalue weighted by atomic mass is 35.6. The second-order valence-electron chi connectivity index (χ2n) is 2.66. The molecule has 1 rings (SSSR count). The SMILES string of the molecule is CCN[Si](Cl)c1ccccc1C. The molecule has 3 heteroatoms. The zero-order valence-electron chi connectivity index (χ0n) is 7.39. The third-order valence-electron chi connectivity index (χ3n) is 1.71. The van der Waals surface area contributed by atoms with E-state index in [1.165, 1.54) is 10.8 Å². The van der Waals surface area contributed by atoms with Crippen LogP contribution < -0.4 is 10.2 Å². The van der Waals surface area contributed by atoms with Crippen LogP contribution in [0.15, 0.2) is 24.3 Å². The second-order valence-corrected chi connectivity index (χ2v) is 5.31. The minimum atomic E-state index is -1.03. The minimum Gasteiger partial charge on any atom is -0.322 e. The highest BCUT2D eigenvalue weighted by Gasteiger charge is 2.11. The van der Waals surface area contributed by atoms with Crippen LogP contribution in [0.25, 0.3) is 0 Å². The van der Waals surface area contributed by atoms with E-state index >= 15 is 0 Å². The Morgan fingerprint density at radius 3 is 2.67 bits per heavy atom. The fourth-order valence-corrected chi connectivity index (χ4v) is 3.28. The van der Waals surface area contributed by atoms with Gasteiger partial charge in [-0.3, -0.25) is 0 Å². The molecule has 0 unspecified atom stereocenters. The molecule has 1 aromatic rings. The van der Waals surface area contributed by atoms with Crippen LogP contribution in [0, 0.1) is 6.92 Å². The third kappa shape index (κ3) is 2.34. The molecule has 0 aromatic heterocycles. The van der Waals surface area contributed by atoms with Crippen molar-refractivity contribution in [1.29, 1.82) is 0 Å². The van der Waals surface area contributed by atoms with Crippen LogP contribution in [0.1, 0.15) is 12.5 Å². The lowest BCUT2D eigenvalue weighted by atomic mass is 10.2. The number of benzene rings is 1. The number of hydrogen-bond acceptors (Lipinski definition) is 1. The van der Waals surface area contributed by atoms with E-state index in [9.17, 15) is 0 Å². The molecule has 1 aromatic carbocycles. The molecule has 0 fully saturated rings. The summed E-state index contributed by atoms with van der Waals surface area (Å²) in [7, 11) is -1.03. The highest BCUT2D eigenvalue weighted by molar-refractivity contribution is 7.13. The Labute approximate surface area is 80.1 Å². The summed E-state index contributed by atoms with van der Waals surface area (Å²) in [5, 5.41) is 1.27. The van der Waals surface area contributed by atoms with Crippen LogP contribution in [0.5, 0.6) is 0 Å². The zero-order valence-corrected chi connectivity index (χ0v) is 9.15. The molecule has 65 valence electrons. The van der Waals surface area contributed by atoms with Gasteiger partial charge in [-0.15, -0.1) is 11.1 Å². The lowest BCUT2D eigenvalue weighted by Gasteiger charge is -2.09. The normalized spacial score (nSPS) is 10.7. The van der Waals surface area contributed by atoms with Crippen molar-refractivity contribution in [2.75, 3.05) is 6.54 Å². The van der Waals surface area contributed by atoms with Gasteiger partial charge in [-0.25, -0.2) is 0 Å². The van der Waals surface area contributed by atoms with Gasteiger partial charge in [-0.2, -0.15) is 0 Å². The van der Waals surface area contributed by atoms with Gasteiger partial charge in [0.1, 0.15) is 0 Å². The quantitative estimate of drug-likeness (QED) is 0.574. The van der Waals surface area contributed by atoms with E-state index in [-0.39, 0.29) is 0 Å². The van der Waals surface area contributed by atoms with Crippen molar-refractivity contribution in [3.05, 3.63) is 29.8 Å². The molecule has 0 bridgehead atoms. The predicted octanol–water partition coefficient (Wildman–Crippen LogP) is 1.54. The topological polar surface area (TPSA) is 12.0 Å². The van der Waals surface area contributed by atoms with Crippen molar-refractivity contribution in [2.24, 2.45) is 0 Å². The van der Waals surface area contributed by atoms with Gasteiger partial charge >= 0.3 is 0 Å². The molecular weight excluding hydrogens is 186 g/mol. The summed E-state index contributed by atoms with van der Waals surface area (Å²) in [6.45, 7) is 5.11. The smallest absolute Gasteiger partial charge is 0.284 e. The Hall–Kier alpha value is -0.313. The Balaban J connectivity index is 2.79. The number of nitrogens with one attached hydrogen (secondary N) is 1. The average Bonchev–Trinajstić information content (AvgIpc) is 2.05. The standard InChI is InChI=1S/C9H13ClNSi/c1-3-11-12(10)9-7-5-4-6-8(9)2/h4-7,11H,3H2,1-2H3. The largest absolute Gasteiger partial charge is 0.322 e. The Kier molecular flexibility index (Phi) is 3.79. The molecule has 1 nitrogen and oxygen atoms in total. The highest BCUT2D eigenvalue weighted by Crippen LogP contribution is 1.96. The number of aryl methyl sites for hydroxylation is 1. The van der Waals surface area contributed by atoms with Crippen molar-refractivity contribution in [3.8, 4) is 0 Å². The maximum atomic E-state index is 6.20. The Morgan fingerprint density at radius 1 is 1.42 bits per heavy atom. The van der Waals surface area contributed by atoms with Crippen LogP contribution >= 0.6 is 11.1 Å². The van der Waals surface area contributed by atoms with Gasteiger partial charge in [0.2, 0.25) is 0 Å². The Morgan fingerprint density at radius 2 is 2.08 bits per heavy atom. The number of halogens is 1. The molecule has 12 heavy (non-hydrogen) atoms. The van der Waals surface area contributed by atoms with E-state index < -0.39 is 8.27 Å². The summed E-state index contributed by atoms with van der Waals surface area (Å²) < 4.78 is 0. The first-order valence-electron chi connectivity index (χ1n) is 4.08. The van der Waals surface area contributed by atoms with E-state index in [1.807, 2.05) is 12.1 Å². The van der Waals surface area contributed by atoms with Crippen molar-refractivity contribution in [1.82, 2.24) is 4.98 Å². The first-order valence-corrected chi connectivity index (χ1v) is 6.59. The van der Waals surface area contributed by atoms with E-state index in [1.54, 1.807) is 0 Å². The molecule has 0 atom stereocenters. The first-order chi connectivity index (χ1) is 5.75. The van der Waals surface area contributed by atoms with Gasteiger partial charge in [-0.05, 0) is 24.2 Å².